The van der Waals surface area contributed by atoms with Gasteiger partial charge in [0, 0.05) is 0 Å². The molecular weight excluding hydrogens is 228 g/mol. The van der Waals surface area contributed by atoms with Crippen molar-refractivity contribution in [2.24, 2.45) is 11.8 Å². The molecule has 1 aromatic carbocycles. The average molecular weight is 252 g/mol. The van der Waals surface area contributed by atoms with E-state index in [-0.39, 0.29) is 16.9 Å². The summed E-state index contributed by atoms with van der Waals surface area (Å²) in [5.41, 5.74) is 0.718. The second kappa shape index (κ2) is 5.09. The van der Waals surface area contributed by atoms with Crippen LogP contribution in [-0.4, -0.2) is 15.3 Å². The first-order chi connectivity index (χ1) is 8.18. The van der Waals surface area contributed by atoms with Crippen LogP contribution in [0.3, 0.4) is 0 Å². The Morgan fingerprint density at radius 1 is 1.00 bits per heavy atom. The summed E-state index contributed by atoms with van der Waals surface area (Å²) in [6, 6.07) is 3.11. The van der Waals surface area contributed by atoms with Gasteiger partial charge in [-0.2, -0.15) is 0 Å². The minimum Gasteiger partial charge on any atom is -0.504 e. The topological polar surface area (TPSA) is 60.7 Å². The largest absolute Gasteiger partial charge is 0.504 e. The number of hydrogen-bond donors (Lipinski definition) is 3. The van der Waals surface area contributed by atoms with Gasteiger partial charge in [0.15, 0.2) is 17.2 Å². The number of phenols is 3. The first-order valence-corrected chi connectivity index (χ1v) is 6.44. The Bertz CT molecular complexity index is 401. The summed E-state index contributed by atoms with van der Waals surface area (Å²) in [7, 11) is 0. The molecule has 3 nitrogen and oxygen atoms in total. The van der Waals surface area contributed by atoms with Crippen LogP contribution in [0.2, 0.25) is 0 Å². The molecule has 0 spiro atoms. The van der Waals surface area contributed by atoms with Crippen LogP contribution in [0.1, 0.15) is 46.6 Å². The maximum atomic E-state index is 9.65. The molecule has 3 heteroatoms. The lowest BCUT2D eigenvalue weighted by Crippen LogP contribution is -2.30. The highest BCUT2D eigenvalue weighted by Gasteiger charge is 2.32. The minimum atomic E-state index is -0.450. The molecule has 0 aromatic heterocycles. The van der Waals surface area contributed by atoms with E-state index in [0.717, 1.165) is 12.0 Å². The molecule has 0 bridgehead atoms. The lowest BCUT2D eigenvalue weighted by Gasteiger charge is -2.36. The summed E-state index contributed by atoms with van der Waals surface area (Å²) >= 11 is 0. The van der Waals surface area contributed by atoms with E-state index in [1.165, 1.54) is 0 Å². The lowest BCUT2D eigenvalue weighted by atomic mass is 9.68. The van der Waals surface area contributed by atoms with Crippen LogP contribution in [0.15, 0.2) is 12.1 Å². The van der Waals surface area contributed by atoms with Crippen molar-refractivity contribution in [2.75, 3.05) is 0 Å². The zero-order chi connectivity index (χ0) is 14.1. The van der Waals surface area contributed by atoms with Gasteiger partial charge >= 0.3 is 0 Å². The van der Waals surface area contributed by atoms with Crippen LogP contribution in [-0.2, 0) is 5.41 Å². The molecular formula is C15H24O3. The van der Waals surface area contributed by atoms with E-state index in [1.54, 1.807) is 12.1 Å². The van der Waals surface area contributed by atoms with Crippen LogP contribution in [0.5, 0.6) is 17.2 Å². The Labute approximate surface area is 109 Å². The van der Waals surface area contributed by atoms with E-state index in [2.05, 4.69) is 34.6 Å². The number of aromatic hydroxyl groups is 3. The standard InChI is InChI=1S/C15H24O3/c1-9(2)8-15(5,10(3)4)11-6-12(16)14(18)13(17)7-11/h6-7,9-10,16-18H,8H2,1-5H3. The van der Waals surface area contributed by atoms with Gasteiger partial charge in [-0.3, -0.25) is 0 Å². The van der Waals surface area contributed by atoms with E-state index in [1.807, 2.05) is 0 Å². The van der Waals surface area contributed by atoms with Crippen LogP contribution >= 0.6 is 0 Å². The molecule has 0 aliphatic carbocycles. The van der Waals surface area contributed by atoms with Crippen molar-refractivity contribution < 1.29 is 15.3 Å². The zero-order valence-corrected chi connectivity index (χ0v) is 11.9. The number of hydrogen-bond acceptors (Lipinski definition) is 3. The van der Waals surface area contributed by atoms with Gasteiger partial charge in [-0.05, 0) is 41.4 Å². The summed E-state index contributed by atoms with van der Waals surface area (Å²) < 4.78 is 0. The fourth-order valence-electron chi connectivity index (χ4n) is 2.47. The Balaban J connectivity index is 3.30. The molecule has 3 N–H and O–H groups in total. The van der Waals surface area contributed by atoms with E-state index >= 15 is 0 Å². The smallest absolute Gasteiger partial charge is 0.200 e. The van der Waals surface area contributed by atoms with Crippen molar-refractivity contribution in [1.82, 2.24) is 0 Å². The maximum absolute atomic E-state index is 9.65. The molecule has 0 heterocycles. The van der Waals surface area contributed by atoms with Crippen LogP contribution in [0.25, 0.3) is 0 Å². The fourth-order valence-corrected chi connectivity index (χ4v) is 2.47. The maximum Gasteiger partial charge on any atom is 0.200 e. The molecule has 1 rings (SSSR count). The van der Waals surface area contributed by atoms with Crippen LogP contribution < -0.4 is 0 Å². The highest BCUT2D eigenvalue weighted by molar-refractivity contribution is 5.52. The summed E-state index contributed by atoms with van der Waals surface area (Å²) in [5.74, 6) is -0.102. The molecule has 18 heavy (non-hydrogen) atoms. The normalized spacial score (nSPS) is 15.1. The number of phenolic OH excluding ortho intramolecular Hbond substituents is 3. The molecule has 0 saturated carbocycles. The van der Waals surface area contributed by atoms with Crippen molar-refractivity contribution in [3.63, 3.8) is 0 Å². The van der Waals surface area contributed by atoms with E-state index in [9.17, 15) is 15.3 Å². The fraction of sp³-hybridized carbons (Fsp3) is 0.600. The van der Waals surface area contributed by atoms with E-state index in [4.69, 9.17) is 0 Å². The van der Waals surface area contributed by atoms with Gasteiger partial charge in [0.25, 0.3) is 0 Å². The zero-order valence-electron chi connectivity index (χ0n) is 11.9. The molecule has 0 aliphatic heterocycles. The SMILES string of the molecule is CC(C)CC(C)(c1cc(O)c(O)c(O)c1)C(C)C. The Morgan fingerprint density at radius 3 is 1.78 bits per heavy atom. The molecule has 0 saturated heterocycles. The van der Waals surface area contributed by atoms with Gasteiger partial charge < -0.3 is 15.3 Å². The monoisotopic (exact) mass is 252 g/mol. The minimum absolute atomic E-state index is 0.142. The Hall–Kier alpha value is -1.38. The van der Waals surface area contributed by atoms with Crippen molar-refractivity contribution >= 4 is 0 Å². The highest BCUT2D eigenvalue weighted by Crippen LogP contribution is 2.44. The van der Waals surface area contributed by atoms with Gasteiger partial charge in [0.2, 0.25) is 0 Å². The second-order valence-corrected chi connectivity index (χ2v) is 6.03. The van der Waals surface area contributed by atoms with Gasteiger partial charge in [0.05, 0.1) is 0 Å². The molecule has 0 radical (unpaired) electrons. The van der Waals surface area contributed by atoms with Crippen LogP contribution in [0.4, 0.5) is 0 Å². The quantitative estimate of drug-likeness (QED) is 0.715. The average Bonchev–Trinajstić information content (AvgIpc) is 2.23. The molecule has 0 aliphatic rings. The Morgan fingerprint density at radius 2 is 1.44 bits per heavy atom. The predicted octanol–water partition coefficient (Wildman–Crippen LogP) is 3.76. The number of rotatable bonds is 4. The molecule has 1 atom stereocenters. The third-order valence-corrected chi connectivity index (χ3v) is 3.84. The molecule has 0 fully saturated rings. The van der Waals surface area contributed by atoms with Gasteiger partial charge in [-0.1, -0.05) is 34.6 Å². The van der Waals surface area contributed by atoms with Crippen molar-refractivity contribution in [3.8, 4) is 17.2 Å². The first kappa shape index (κ1) is 14.7. The molecule has 1 aromatic rings. The third kappa shape index (κ3) is 2.71. The third-order valence-electron chi connectivity index (χ3n) is 3.84. The van der Waals surface area contributed by atoms with Gasteiger partial charge in [-0.25, -0.2) is 0 Å². The van der Waals surface area contributed by atoms with Crippen molar-refractivity contribution in [1.29, 1.82) is 0 Å². The van der Waals surface area contributed by atoms with Gasteiger partial charge in [0.1, 0.15) is 0 Å². The van der Waals surface area contributed by atoms with E-state index in [0.29, 0.717) is 11.8 Å². The summed E-state index contributed by atoms with van der Waals surface area (Å²) in [6.45, 7) is 10.7. The molecule has 0 amide bonds. The second-order valence-electron chi connectivity index (χ2n) is 6.03. The van der Waals surface area contributed by atoms with Gasteiger partial charge in [-0.15, -0.1) is 0 Å². The number of benzene rings is 1. The summed E-state index contributed by atoms with van der Waals surface area (Å²) in [4.78, 5) is 0. The lowest BCUT2D eigenvalue weighted by molar-refractivity contribution is 0.273. The van der Waals surface area contributed by atoms with Crippen molar-refractivity contribution in [3.05, 3.63) is 17.7 Å². The molecule has 1 unspecified atom stereocenters. The predicted molar refractivity (Wildman–Crippen MR) is 73.1 cm³/mol. The van der Waals surface area contributed by atoms with Crippen LogP contribution in [0, 0.1) is 11.8 Å². The Kier molecular flexibility index (Phi) is 4.15. The molecule has 102 valence electrons. The summed E-state index contributed by atoms with van der Waals surface area (Å²) in [5, 5.41) is 28.7. The first-order valence-electron chi connectivity index (χ1n) is 6.44. The van der Waals surface area contributed by atoms with Crippen molar-refractivity contribution in [2.45, 2.75) is 46.5 Å². The highest BCUT2D eigenvalue weighted by atomic mass is 16.3. The summed E-state index contributed by atoms with van der Waals surface area (Å²) in [6.07, 6.45) is 0.953. The van der Waals surface area contributed by atoms with E-state index < -0.39 is 5.75 Å².